The molecule has 156 valence electrons. The van der Waals surface area contributed by atoms with Crippen molar-refractivity contribution in [2.75, 3.05) is 0 Å². The van der Waals surface area contributed by atoms with E-state index in [1.54, 1.807) is 0 Å². The zero-order valence-electron chi connectivity index (χ0n) is 18.1. The first-order chi connectivity index (χ1) is 14.0. The Hall–Kier alpha value is -2.03. The van der Waals surface area contributed by atoms with Crippen molar-refractivity contribution in [3.05, 3.63) is 71.1 Å². The van der Waals surface area contributed by atoms with E-state index in [1.807, 2.05) is 12.3 Å². The van der Waals surface area contributed by atoms with Gasteiger partial charge in [0.05, 0.1) is 6.20 Å². The number of aryl methyl sites for hydroxylation is 3. The molecule has 0 N–H and O–H groups in total. The average Bonchev–Trinajstić information content (AvgIpc) is 2.73. The molecular formula is C26H35FN2. The molecule has 0 radical (unpaired) electrons. The summed E-state index contributed by atoms with van der Waals surface area (Å²) < 4.78 is 14.3. The summed E-state index contributed by atoms with van der Waals surface area (Å²) in [4.78, 5) is 8.82. The summed E-state index contributed by atoms with van der Waals surface area (Å²) in [5.74, 6) is 0.963. The number of nitrogens with zero attached hydrogens (tertiary/aromatic N) is 2. The average molecular weight is 395 g/mol. The lowest BCUT2D eigenvalue weighted by molar-refractivity contribution is 0.305. The number of pyridine rings is 2. The highest BCUT2D eigenvalue weighted by Crippen LogP contribution is 2.38. The largest absolute Gasteiger partial charge is 0.261 e. The van der Waals surface area contributed by atoms with Gasteiger partial charge in [0, 0.05) is 17.6 Å². The first kappa shape index (κ1) is 21.7. The summed E-state index contributed by atoms with van der Waals surface area (Å²) in [6.07, 6.45) is 14.2. The van der Waals surface area contributed by atoms with E-state index in [0.717, 1.165) is 62.1 Å². The second-order valence-corrected chi connectivity index (χ2v) is 8.82. The van der Waals surface area contributed by atoms with Crippen LogP contribution in [0.4, 0.5) is 4.39 Å². The van der Waals surface area contributed by atoms with Crippen molar-refractivity contribution in [2.24, 2.45) is 5.92 Å². The van der Waals surface area contributed by atoms with E-state index in [0.29, 0.717) is 5.92 Å². The van der Waals surface area contributed by atoms with E-state index in [4.69, 9.17) is 0 Å². The minimum Gasteiger partial charge on any atom is -0.261 e. The van der Waals surface area contributed by atoms with Gasteiger partial charge in [0.1, 0.15) is 5.82 Å². The third kappa shape index (κ3) is 6.48. The molecule has 1 aliphatic carbocycles. The fourth-order valence-corrected chi connectivity index (χ4v) is 4.50. The van der Waals surface area contributed by atoms with Gasteiger partial charge in [-0.3, -0.25) is 9.97 Å². The lowest BCUT2D eigenvalue weighted by atomic mass is 9.77. The molecule has 1 fully saturated rings. The van der Waals surface area contributed by atoms with E-state index in [-0.39, 0.29) is 5.82 Å². The first-order valence-corrected chi connectivity index (χ1v) is 11.3. The van der Waals surface area contributed by atoms with Gasteiger partial charge in [-0.25, -0.2) is 4.39 Å². The summed E-state index contributed by atoms with van der Waals surface area (Å²) >= 11 is 0. The van der Waals surface area contributed by atoms with Gasteiger partial charge in [0.25, 0.3) is 0 Å². The van der Waals surface area contributed by atoms with Crippen LogP contribution in [0.1, 0.15) is 87.2 Å². The maximum atomic E-state index is 14.3. The monoisotopic (exact) mass is 394 g/mol. The molecule has 3 heteroatoms. The minimum absolute atomic E-state index is 0.121. The van der Waals surface area contributed by atoms with Gasteiger partial charge in [-0.15, -0.1) is 6.58 Å². The highest BCUT2D eigenvalue weighted by molar-refractivity contribution is 5.23. The second-order valence-electron chi connectivity index (χ2n) is 8.82. The molecule has 29 heavy (non-hydrogen) atoms. The number of halogens is 1. The Balaban J connectivity index is 1.50. The van der Waals surface area contributed by atoms with Crippen molar-refractivity contribution in [2.45, 2.75) is 84.0 Å². The summed E-state index contributed by atoms with van der Waals surface area (Å²) in [5.41, 5.74) is 5.72. The summed E-state index contributed by atoms with van der Waals surface area (Å²) in [5, 5.41) is 0. The SMILES string of the molecule is C=C(C)CCc1ccnc(CCC2CCC(c3cc(CCC)ncc3F)CC2)c1. The molecule has 1 saturated carbocycles. The Bertz CT molecular complexity index is 806. The minimum atomic E-state index is -0.121. The van der Waals surface area contributed by atoms with Crippen molar-refractivity contribution >= 4 is 0 Å². The van der Waals surface area contributed by atoms with Gasteiger partial charge in [0.15, 0.2) is 0 Å². The molecule has 2 aromatic heterocycles. The Morgan fingerprint density at radius 1 is 1.07 bits per heavy atom. The summed E-state index contributed by atoms with van der Waals surface area (Å²) in [6, 6.07) is 6.40. The van der Waals surface area contributed by atoms with E-state index >= 15 is 0 Å². The highest BCUT2D eigenvalue weighted by atomic mass is 19.1. The van der Waals surface area contributed by atoms with Crippen LogP contribution in [0.5, 0.6) is 0 Å². The topological polar surface area (TPSA) is 25.8 Å². The van der Waals surface area contributed by atoms with Crippen LogP contribution in [0, 0.1) is 11.7 Å². The molecule has 0 aliphatic heterocycles. The third-order valence-corrected chi connectivity index (χ3v) is 6.26. The molecule has 0 bridgehead atoms. The molecule has 0 aromatic carbocycles. The van der Waals surface area contributed by atoms with E-state index in [1.165, 1.54) is 42.3 Å². The van der Waals surface area contributed by atoms with Crippen molar-refractivity contribution in [3.8, 4) is 0 Å². The summed E-state index contributed by atoms with van der Waals surface area (Å²) in [6.45, 7) is 8.22. The third-order valence-electron chi connectivity index (χ3n) is 6.26. The quantitative estimate of drug-likeness (QED) is 0.429. The van der Waals surface area contributed by atoms with Crippen LogP contribution >= 0.6 is 0 Å². The van der Waals surface area contributed by atoms with Gasteiger partial charge in [-0.1, -0.05) is 18.9 Å². The number of hydrogen-bond acceptors (Lipinski definition) is 2. The van der Waals surface area contributed by atoms with E-state index in [9.17, 15) is 4.39 Å². The Labute approximate surface area is 175 Å². The fraction of sp³-hybridized carbons (Fsp3) is 0.538. The second kappa shape index (κ2) is 10.7. The molecule has 0 spiro atoms. The molecule has 1 aliphatic rings. The molecule has 2 nitrogen and oxygen atoms in total. The van der Waals surface area contributed by atoms with Crippen LogP contribution in [0.25, 0.3) is 0 Å². The molecule has 3 rings (SSSR count). The van der Waals surface area contributed by atoms with Crippen LogP contribution in [0.2, 0.25) is 0 Å². The zero-order valence-corrected chi connectivity index (χ0v) is 18.1. The standard InChI is InChI=1S/C26H35FN2/c1-4-5-23-17-25(26(27)18-29-23)22-11-8-20(9-12-22)10-13-24-16-21(14-15-28-24)7-6-19(2)3/h14-18,20,22H,2,4-13H2,1,3H3. The predicted molar refractivity (Wildman–Crippen MR) is 119 cm³/mol. The Morgan fingerprint density at radius 3 is 2.55 bits per heavy atom. The smallest absolute Gasteiger partial charge is 0.144 e. The van der Waals surface area contributed by atoms with Gasteiger partial charge < -0.3 is 0 Å². The van der Waals surface area contributed by atoms with Gasteiger partial charge in [-0.2, -0.15) is 0 Å². The van der Waals surface area contributed by atoms with Crippen molar-refractivity contribution in [1.82, 2.24) is 9.97 Å². The molecule has 2 heterocycles. The number of rotatable bonds is 9. The zero-order chi connectivity index (χ0) is 20.6. The molecule has 0 saturated heterocycles. The Morgan fingerprint density at radius 2 is 1.83 bits per heavy atom. The summed E-state index contributed by atoms with van der Waals surface area (Å²) in [7, 11) is 0. The van der Waals surface area contributed by atoms with E-state index in [2.05, 4.69) is 42.5 Å². The van der Waals surface area contributed by atoms with Crippen molar-refractivity contribution in [3.63, 3.8) is 0 Å². The lowest BCUT2D eigenvalue weighted by Gasteiger charge is -2.29. The van der Waals surface area contributed by atoms with E-state index < -0.39 is 0 Å². The normalized spacial score (nSPS) is 19.3. The van der Waals surface area contributed by atoms with Gasteiger partial charge in [0.2, 0.25) is 0 Å². The van der Waals surface area contributed by atoms with Crippen molar-refractivity contribution < 1.29 is 4.39 Å². The number of allylic oxidation sites excluding steroid dienone is 1. The van der Waals surface area contributed by atoms with Crippen LogP contribution in [0.3, 0.4) is 0 Å². The fourth-order valence-electron chi connectivity index (χ4n) is 4.50. The highest BCUT2D eigenvalue weighted by Gasteiger charge is 2.24. The maximum Gasteiger partial charge on any atom is 0.144 e. The van der Waals surface area contributed by atoms with Crippen LogP contribution in [0.15, 0.2) is 42.7 Å². The van der Waals surface area contributed by atoms with Crippen LogP contribution in [-0.2, 0) is 19.3 Å². The van der Waals surface area contributed by atoms with Gasteiger partial charge >= 0.3 is 0 Å². The first-order valence-electron chi connectivity index (χ1n) is 11.3. The molecular weight excluding hydrogens is 359 g/mol. The number of hydrogen-bond donors (Lipinski definition) is 0. The molecule has 0 atom stereocenters. The van der Waals surface area contributed by atoms with Crippen LogP contribution < -0.4 is 0 Å². The Kier molecular flexibility index (Phi) is 7.97. The molecule has 0 unspecified atom stereocenters. The predicted octanol–water partition coefficient (Wildman–Crippen LogP) is 6.98. The van der Waals surface area contributed by atoms with Crippen LogP contribution in [-0.4, -0.2) is 9.97 Å². The molecule has 0 amide bonds. The lowest BCUT2D eigenvalue weighted by Crippen LogP contribution is -2.15. The maximum absolute atomic E-state index is 14.3. The molecule has 2 aromatic rings. The van der Waals surface area contributed by atoms with Gasteiger partial charge in [-0.05, 0) is 106 Å². The number of aromatic nitrogens is 2. The van der Waals surface area contributed by atoms with Crippen molar-refractivity contribution in [1.29, 1.82) is 0 Å².